The zero-order chi connectivity index (χ0) is 13.0. The van der Waals surface area contributed by atoms with Crippen molar-refractivity contribution in [2.45, 2.75) is 45.6 Å². The maximum atomic E-state index is 6.24. The van der Waals surface area contributed by atoms with Gasteiger partial charge >= 0.3 is 0 Å². The smallest absolute Gasteiger partial charge is 0.129 e. The number of fused-ring (bicyclic) bond motifs is 1. The van der Waals surface area contributed by atoms with Crippen molar-refractivity contribution in [1.29, 1.82) is 0 Å². The van der Waals surface area contributed by atoms with Gasteiger partial charge in [0.15, 0.2) is 0 Å². The third-order valence-corrected chi connectivity index (χ3v) is 3.87. The maximum absolute atomic E-state index is 6.24. The molecule has 1 aromatic carbocycles. The first kappa shape index (κ1) is 13.6. The Hall–Kier alpha value is -0.870. The molecule has 0 fully saturated rings. The predicted octanol–water partition coefficient (Wildman–Crippen LogP) is 4.73. The number of nitrogens with zero attached hydrogens (tertiary/aromatic N) is 2. The molecule has 2 aromatic rings. The van der Waals surface area contributed by atoms with Crippen LogP contribution in [0.5, 0.6) is 0 Å². The Morgan fingerprint density at radius 1 is 1.33 bits per heavy atom. The van der Waals surface area contributed by atoms with E-state index < -0.39 is 0 Å². The van der Waals surface area contributed by atoms with Gasteiger partial charge in [-0.3, -0.25) is 0 Å². The third kappa shape index (κ3) is 3.12. The molecule has 0 spiro atoms. The Morgan fingerprint density at radius 3 is 2.94 bits per heavy atom. The second-order valence-electron chi connectivity index (χ2n) is 4.60. The van der Waals surface area contributed by atoms with Gasteiger partial charge in [-0.2, -0.15) is 8.75 Å². The zero-order valence-electron chi connectivity index (χ0n) is 10.7. The second kappa shape index (κ2) is 6.34. The van der Waals surface area contributed by atoms with Crippen LogP contribution < -0.4 is 5.32 Å². The molecular formula is C13H18ClN3S. The molecule has 0 aliphatic rings. The molecule has 0 aliphatic heterocycles. The number of hydrogen-bond donors (Lipinski definition) is 1. The number of hydrogen-bond acceptors (Lipinski definition) is 4. The van der Waals surface area contributed by atoms with E-state index in [1.54, 1.807) is 0 Å². The van der Waals surface area contributed by atoms with Crippen molar-refractivity contribution in [1.82, 2.24) is 8.75 Å². The molecule has 0 saturated carbocycles. The van der Waals surface area contributed by atoms with E-state index >= 15 is 0 Å². The maximum Gasteiger partial charge on any atom is 0.129 e. The lowest BCUT2D eigenvalue weighted by molar-refractivity contribution is 0.615. The monoisotopic (exact) mass is 283 g/mol. The quantitative estimate of drug-likeness (QED) is 0.779. The summed E-state index contributed by atoms with van der Waals surface area (Å²) in [6, 6.07) is 4.20. The van der Waals surface area contributed by atoms with Gasteiger partial charge in [-0.1, -0.05) is 37.8 Å². The molecule has 1 heterocycles. The summed E-state index contributed by atoms with van der Waals surface area (Å²) in [6.07, 6.45) is 4.92. The average Bonchev–Trinajstić information content (AvgIpc) is 2.82. The van der Waals surface area contributed by atoms with Gasteiger partial charge in [0, 0.05) is 6.04 Å². The highest BCUT2D eigenvalue weighted by molar-refractivity contribution is 7.00. The summed E-state index contributed by atoms with van der Waals surface area (Å²) in [5, 5.41) is 4.19. The highest BCUT2D eigenvalue weighted by atomic mass is 35.5. The molecule has 5 heteroatoms. The van der Waals surface area contributed by atoms with Gasteiger partial charge in [0.25, 0.3) is 0 Å². The van der Waals surface area contributed by atoms with Crippen LogP contribution in [0.4, 0.5) is 5.69 Å². The van der Waals surface area contributed by atoms with Gasteiger partial charge in [-0.15, -0.1) is 0 Å². The number of anilines is 1. The Morgan fingerprint density at radius 2 is 2.17 bits per heavy atom. The van der Waals surface area contributed by atoms with Crippen LogP contribution in [-0.2, 0) is 0 Å². The third-order valence-electron chi connectivity index (χ3n) is 3.01. The molecule has 0 amide bonds. The van der Waals surface area contributed by atoms with Gasteiger partial charge in [-0.05, 0) is 25.5 Å². The van der Waals surface area contributed by atoms with E-state index in [2.05, 4.69) is 27.9 Å². The van der Waals surface area contributed by atoms with E-state index in [0.717, 1.165) is 28.2 Å². The van der Waals surface area contributed by atoms with E-state index in [4.69, 9.17) is 11.6 Å². The second-order valence-corrected chi connectivity index (χ2v) is 5.53. The van der Waals surface area contributed by atoms with E-state index in [9.17, 15) is 0 Å². The molecule has 1 unspecified atom stereocenters. The Kier molecular flexibility index (Phi) is 4.78. The Balaban J connectivity index is 2.10. The first-order chi connectivity index (χ1) is 8.72. The van der Waals surface area contributed by atoms with Crippen LogP contribution in [0.25, 0.3) is 11.0 Å². The number of benzene rings is 1. The number of halogens is 1. The van der Waals surface area contributed by atoms with Crippen LogP contribution in [0.3, 0.4) is 0 Å². The van der Waals surface area contributed by atoms with E-state index in [-0.39, 0.29) is 0 Å². The minimum atomic E-state index is 0.404. The van der Waals surface area contributed by atoms with Crippen LogP contribution in [-0.4, -0.2) is 14.8 Å². The van der Waals surface area contributed by atoms with Gasteiger partial charge < -0.3 is 5.32 Å². The summed E-state index contributed by atoms with van der Waals surface area (Å²) in [6.45, 7) is 4.40. The lowest BCUT2D eigenvalue weighted by atomic mass is 10.1. The number of nitrogens with one attached hydrogen (secondary N) is 1. The van der Waals surface area contributed by atoms with Gasteiger partial charge in [0.1, 0.15) is 11.0 Å². The van der Waals surface area contributed by atoms with Crippen molar-refractivity contribution in [3.63, 3.8) is 0 Å². The van der Waals surface area contributed by atoms with Crippen LogP contribution >= 0.6 is 23.3 Å². The average molecular weight is 284 g/mol. The van der Waals surface area contributed by atoms with Gasteiger partial charge in [0.05, 0.1) is 22.4 Å². The molecule has 1 aromatic heterocycles. The Labute approximate surface area is 117 Å². The molecule has 98 valence electrons. The van der Waals surface area contributed by atoms with E-state index in [1.165, 1.54) is 31.0 Å². The van der Waals surface area contributed by atoms with Crippen molar-refractivity contribution in [3.8, 4) is 0 Å². The highest BCUT2D eigenvalue weighted by Gasteiger charge is 2.12. The Bertz CT molecular complexity index is 512. The summed E-state index contributed by atoms with van der Waals surface area (Å²) < 4.78 is 8.55. The molecular weight excluding hydrogens is 266 g/mol. The molecule has 3 nitrogen and oxygen atoms in total. The topological polar surface area (TPSA) is 37.8 Å². The normalized spacial score (nSPS) is 12.8. The van der Waals surface area contributed by atoms with Crippen LogP contribution in [0, 0.1) is 0 Å². The predicted molar refractivity (Wildman–Crippen MR) is 79.7 cm³/mol. The van der Waals surface area contributed by atoms with Crippen LogP contribution in [0.2, 0.25) is 5.02 Å². The molecule has 0 radical (unpaired) electrons. The van der Waals surface area contributed by atoms with Crippen LogP contribution in [0.1, 0.15) is 39.5 Å². The molecule has 0 bridgehead atoms. The van der Waals surface area contributed by atoms with Crippen molar-refractivity contribution in [2.75, 3.05) is 5.32 Å². The SMILES string of the molecule is CCCCCC(C)Nc1c(Cl)ccc2nsnc12. The van der Waals surface area contributed by atoms with Crippen molar-refractivity contribution < 1.29 is 0 Å². The first-order valence-electron chi connectivity index (χ1n) is 6.39. The molecule has 18 heavy (non-hydrogen) atoms. The lowest BCUT2D eigenvalue weighted by Crippen LogP contribution is -2.15. The minimum Gasteiger partial charge on any atom is -0.380 e. The van der Waals surface area contributed by atoms with E-state index in [1.807, 2.05) is 12.1 Å². The fraction of sp³-hybridized carbons (Fsp3) is 0.538. The standard InChI is InChI=1S/C13H18ClN3S/c1-3-4-5-6-9(2)15-12-10(14)7-8-11-13(12)17-18-16-11/h7-9,15H,3-6H2,1-2H3. The fourth-order valence-electron chi connectivity index (χ4n) is 1.98. The summed E-state index contributed by atoms with van der Waals surface area (Å²) in [7, 11) is 0. The number of aromatic nitrogens is 2. The minimum absolute atomic E-state index is 0.404. The van der Waals surface area contributed by atoms with Crippen LogP contribution in [0.15, 0.2) is 12.1 Å². The van der Waals surface area contributed by atoms with Crippen molar-refractivity contribution in [3.05, 3.63) is 17.2 Å². The summed E-state index contributed by atoms with van der Waals surface area (Å²) >= 11 is 7.47. The van der Waals surface area contributed by atoms with Crippen molar-refractivity contribution in [2.24, 2.45) is 0 Å². The van der Waals surface area contributed by atoms with Crippen molar-refractivity contribution >= 4 is 40.0 Å². The summed E-state index contributed by atoms with van der Waals surface area (Å²) in [4.78, 5) is 0. The molecule has 1 N–H and O–H groups in total. The zero-order valence-corrected chi connectivity index (χ0v) is 12.3. The van der Waals surface area contributed by atoms with Gasteiger partial charge in [-0.25, -0.2) is 0 Å². The largest absolute Gasteiger partial charge is 0.380 e. The van der Waals surface area contributed by atoms with E-state index in [0.29, 0.717) is 6.04 Å². The molecule has 2 rings (SSSR count). The first-order valence-corrected chi connectivity index (χ1v) is 7.50. The van der Waals surface area contributed by atoms with Gasteiger partial charge in [0.2, 0.25) is 0 Å². The number of rotatable bonds is 6. The summed E-state index contributed by atoms with van der Waals surface area (Å²) in [5.41, 5.74) is 2.72. The molecule has 0 saturated heterocycles. The number of unbranched alkanes of at least 4 members (excludes halogenated alkanes) is 2. The fourth-order valence-corrected chi connectivity index (χ4v) is 2.73. The molecule has 1 atom stereocenters. The highest BCUT2D eigenvalue weighted by Crippen LogP contribution is 2.30. The summed E-state index contributed by atoms with van der Waals surface area (Å²) in [5.74, 6) is 0. The molecule has 0 aliphatic carbocycles. The lowest BCUT2D eigenvalue weighted by Gasteiger charge is -2.16.